The summed E-state index contributed by atoms with van der Waals surface area (Å²) in [5, 5.41) is 3.74. The second-order valence-corrected chi connectivity index (χ2v) is 6.21. The number of rotatable bonds is 6. The lowest BCUT2D eigenvalue weighted by atomic mass is 9.92. The first-order chi connectivity index (χ1) is 8.49. The number of nitrogens with zero attached hydrogens (tertiary/aromatic N) is 1. The van der Waals surface area contributed by atoms with Crippen LogP contribution in [-0.2, 0) is 4.74 Å². The van der Waals surface area contributed by atoms with E-state index in [0.717, 1.165) is 25.6 Å². The summed E-state index contributed by atoms with van der Waals surface area (Å²) in [5.41, 5.74) is 0. The van der Waals surface area contributed by atoms with E-state index in [9.17, 15) is 0 Å². The van der Waals surface area contributed by atoms with Gasteiger partial charge < -0.3 is 10.1 Å². The van der Waals surface area contributed by atoms with Crippen molar-refractivity contribution in [3.05, 3.63) is 0 Å². The summed E-state index contributed by atoms with van der Waals surface area (Å²) in [6.45, 7) is 14.8. The van der Waals surface area contributed by atoms with Crippen molar-refractivity contribution in [3.8, 4) is 0 Å². The van der Waals surface area contributed by atoms with Crippen LogP contribution < -0.4 is 5.32 Å². The van der Waals surface area contributed by atoms with Gasteiger partial charge in [-0.2, -0.15) is 0 Å². The lowest BCUT2D eigenvalue weighted by Crippen LogP contribution is -2.61. The summed E-state index contributed by atoms with van der Waals surface area (Å²) in [6, 6.07) is 1.27. The molecule has 0 saturated carbocycles. The molecule has 0 aromatic heterocycles. The average Bonchev–Trinajstić information content (AvgIpc) is 2.37. The number of nitrogens with one attached hydrogen (secondary N) is 1. The monoisotopic (exact) mass is 256 g/mol. The SMILES string of the molecule is CCC(C)C1CN(CC(C)OC)C(C(C)C)CN1. The Labute approximate surface area is 113 Å². The maximum Gasteiger partial charge on any atom is 0.0670 e. The Balaban J connectivity index is 2.64. The highest BCUT2D eigenvalue weighted by atomic mass is 16.5. The maximum absolute atomic E-state index is 5.44. The second-order valence-electron chi connectivity index (χ2n) is 6.21. The van der Waals surface area contributed by atoms with Crippen LogP contribution in [0.15, 0.2) is 0 Å². The zero-order valence-corrected chi connectivity index (χ0v) is 13.1. The number of hydrogen-bond acceptors (Lipinski definition) is 3. The van der Waals surface area contributed by atoms with Crippen LogP contribution in [0.25, 0.3) is 0 Å². The lowest BCUT2D eigenvalue weighted by Gasteiger charge is -2.44. The molecule has 3 heteroatoms. The van der Waals surface area contributed by atoms with E-state index in [0.29, 0.717) is 24.1 Å². The number of hydrogen-bond donors (Lipinski definition) is 1. The molecule has 0 bridgehead atoms. The largest absolute Gasteiger partial charge is 0.380 e. The van der Waals surface area contributed by atoms with Gasteiger partial charge in [-0.25, -0.2) is 0 Å². The molecule has 1 rings (SSSR count). The van der Waals surface area contributed by atoms with Crippen LogP contribution in [0.3, 0.4) is 0 Å². The molecule has 0 aliphatic carbocycles. The lowest BCUT2D eigenvalue weighted by molar-refractivity contribution is 0.0216. The van der Waals surface area contributed by atoms with Gasteiger partial charge in [0, 0.05) is 38.8 Å². The van der Waals surface area contributed by atoms with Gasteiger partial charge in [-0.05, 0) is 18.8 Å². The van der Waals surface area contributed by atoms with Crippen molar-refractivity contribution in [1.82, 2.24) is 10.2 Å². The Morgan fingerprint density at radius 3 is 2.44 bits per heavy atom. The summed E-state index contributed by atoms with van der Waals surface area (Å²) in [5.74, 6) is 1.44. The molecule has 4 atom stereocenters. The van der Waals surface area contributed by atoms with E-state index in [2.05, 4.69) is 44.8 Å². The van der Waals surface area contributed by atoms with E-state index < -0.39 is 0 Å². The molecule has 1 aliphatic rings. The van der Waals surface area contributed by atoms with Gasteiger partial charge in [-0.15, -0.1) is 0 Å². The molecule has 0 aromatic carbocycles. The molecule has 18 heavy (non-hydrogen) atoms. The van der Waals surface area contributed by atoms with Crippen LogP contribution in [0.1, 0.15) is 41.0 Å². The summed E-state index contributed by atoms with van der Waals surface area (Å²) in [4.78, 5) is 2.63. The summed E-state index contributed by atoms with van der Waals surface area (Å²) in [6.07, 6.45) is 1.57. The van der Waals surface area contributed by atoms with Crippen LogP contribution in [0.4, 0.5) is 0 Å². The normalized spacial score (nSPS) is 29.5. The zero-order valence-electron chi connectivity index (χ0n) is 13.1. The van der Waals surface area contributed by atoms with Crippen LogP contribution >= 0.6 is 0 Å². The molecule has 0 spiro atoms. The summed E-state index contributed by atoms with van der Waals surface area (Å²) >= 11 is 0. The van der Waals surface area contributed by atoms with Crippen molar-refractivity contribution in [2.24, 2.45) is 11.8 Å². The minimum atomic E-state index is 0.321. The van der Waals surface area contributed by atoms with Crippen LogP contribution in [0.5, 0.6) is 0 Å². The minimum Gasteiger partial charge on any atom is -0.380 e. The third-order valence-corrected chi connectivity index (χ3v) is 4.48. The first-order valence-corrected chi connectivity index (χ1v) is 7.49. The van der Waals surface area contributed by atoms with Crippen LogP contribution in [0, 0.1) is 11.8 Å². The van der Waals surface area contributed by atoms with E-state index >= 15 is 0 Å². The third-order valence-electron chi connectivity index (χ3n) is 4.48. The van der Waals surface area contributed by atoms with Gasteiger partial charge in [0.05, 0.1) is 6.10 Å². The fraction of sp³-hybridized carbons (Fsp3) is 1.00. The van der Waals surface area contributed by atoms with E-state index in [-0.39, 0.29) is 0 Å². The smallest absolute Gasteiger partial charge is 0.0670 e. The van der Waals surface area contributed by atoms with Gasteiger partial charge in [0.25, 0.3) is 0 Å². The molecule has 0 radical (unpaired) electrons. The molecular formula is C15H32N2O. The predicted molar refractivity (Wildman–Crippen MR) is 77.9 cm³/mol. The zero-order chi connectivity index (χ0) is 13.7. The molecule has 1 N–H and O–H groups in total. The highest BCUT2D eigenvalue weighted by Crippen LogP contribution is 2.20. The maximum atomic E-state index is 5.44. The fourth-order valence-corrected chi connectivity index (χ4v) is 2.79. The molecule has 3 nitrogen and oxygen atoms in total. The van der Waals surface area contributed by atoms with Crippen molar-refractivity contribution in [2.75, 3.05) is 26.7 Å². The van der Waals surface area contributed by atoms with Crippen molar-refractivity contribution in [1.29, 1.82) is 0 Å². The van der Waals surface area contributed by atoms with Gasteiger partial charge in [0.2, 0.25) is 0 Å². The average molecular weight is 256 g/mol. The minimum absolute atomic E-state index is 0.321. The Morgan fingerprint density at radius 1 is 1.28 bits per heavy atom. The van der Waals surface area contributed by atoms with Crippen LogP contribution in [0.2, 0.25) is 0 Å². The molecule has 1 aliphatic heterocycles. The Bertz CT molecular complexity index is 233. The Kier molecular flexibility index (Phi) is 6.61. The van der Waals surface area contributed by atoms with Crippen molar-refractivity contribution < 1.29 is 4.74 Å². The van der Waals surface area contributed by atoms with Crippen LogP contribution in [-0.4, -0.2) is 49.8 Å². The molecular weight excluding hydrogens is 224 g/mol. The number of methoxy groups -OCH3 is 1. The van der Waals surface area contributed by atoms with Gasteiger partial charge in [-0.3, -0.25) is 4.90 Å². The standard InChI is InChI=1S/C15H32N2O/c1-7-12(4)14-10-17(9-13(5)18-6)15(8-16-14)11(2)3/h11-16H,7-10H2,1-6H3. The molecule has 4 unspecified atom stereocenters. The van der Waals surface area contributed by atoms with E-state index in [4.69, 9.17) is 4.74 Å². The van der Waals surface area contributed by atoms with Gasteiger partial charge in [0.1, 0.15) is 0 Å². The van der Waals surface area contributed by atoms with Crippen molar-refractivity contribution in [3.63, 3.8) is 0 Å². The van der Waals surface area contributed by atoms with Gasteiger partial charge >= 0.3 is 0 Å². The highest BCUT2D eigenvalue weighted by Gasteiger charge is 2.32. The van der Waals surface area contributed by atoms with Gasteiger partial charge in [0.15, 0.2) is 0 Å². The number of ether oxygens (including phenoxy) is 1. The number of piperazine rings is 1. The molecule has 1 fully saturated rings. The molecule has 1 saturated heterocycles. The first kappa shape index (κ1) is 15.9. The molecule has 0 amide bonds. The van der Waals surface area contributed by atoms with E-state index in [1.165, 1.54) is 6.42 Å². The third kappa shape index (κ3) is 4.22. The highest BCUT2D eigenvalue weighted by molar-refractivity contribution is 4.90. The Morgan fingerprint density at radius 2 is 1.94 bits per heavy atom. The quantitative estimate of drug-likeness (QED) is 0.789. The predicted octanol–water partition coefficient (Wildman–Crippen LogP) is 2.37. The van der Waals surface area contributed by atoms with E-state index in [1.54, 1.807) is 0 Å². The first-order valence-electron chi connectivity index (χ1n) is 7.49. The topological polar surface area (TPSA) is 24.5 Å². The van der Waals surface area contributed by atoms with Crippen molar-refractivity contribution in [2.45, 2.75) is 59.2 Å². The molecule has 108 valence electrons. The molecule has 1 heterocycles. The summed E-state index contributed by atoms with van der Waals surface area (Å²) in [7, 11) is 1.81. The second kappa shape index (κ2) is 7.46. The van der Waals surface area contributed by atoms with Crippen molar-refractivity contribution >= 4 is 0 Å². The Hall–Kier alpha value is -0.120. The van der Waals surface area contributed by atoms with E-state index in [1.807, 2.05) is 7.11 Å². The summed E-state index contributed by atoms with van der Waals surface area (Å²) < 4.78 is 5.44. The fourth-order valence-electron chi connectivity index (χ4n) is 2.79. The molecule has 0 aromatic rings. The van der Waals surface area contributed by atoms with Gasteiger partial charge in [-0.1, -0.05) is 34.1 Å².